The molecule has 2 aromatic rings. The molecule has 28 heavy (non-hydrogen) atoms. The van der Waals surface area contributed by atoms with Gasteiger partial charge in [0, 0.05) is 29.9 Å². The molecule has 0 amide bonds. The summed E-state index contributed by atoms with van der Waals surface area (Å²) in [6.45, 7) is 11.4. The first-order valence-corrected chi connectivity index (χ1v) is 11.3. The molecule has 2 heterocycles. The summed E-state index contributed by atoms with van der Waals surface area (Å²) in [6.07, 6.45) is 5.19. The van der Waals surface area contributed by atoms with Crippen molar-refractivity contribution >= 4 is 28.6 Å². The number of thiazole rings is 1. The second-order valence-electron chi connectivity index (χ2n) is 7.68. The third-order valence-corrected chi connectivity index (χ3v) is 7.01. The molecule has 5 heteroatoms. The first kappa shape index (κ1) is 21.2. The van der Waals surface area contributed by atoms with Gasteiger partial charge >= 0.3 is 0 Å². The average molecular weight is 416 g/mol. The van der Waals surface area contributed by atoms with Crippen molar-refractivity contribution in [2.75, 3.05) is 26.7 Å². The van der Waals surface area contributed by atoms with E-state index in [2.05, 4.69) is 41.8 Å². The van der Waals surface area contributed by atoms with E-state index in [4.69, 9.17) is 16.6 Å². The molecule has 0 spiro atoms. The standard InChI is InChI=1S/C23H30ClN3S/c1-5-11-27-12-9-18(10-13-27)23-26-21(15-28-23)20(25-4)14-17(3)22-16(2)7-6-8-19(22)24/h5-8,15,17-18H,1,9-14H2,2-4H3. The lowest BCUT2D eigenvalue weighted by molar-refractivity contribution is 0.232. The lowest BCUT2D eigenvalue weighted by Crippen LogP contribution is -2.32. The van der Waals surface area contributed by atoms with Gasteiger partial charge in [0.2, 0.25) is 0 Å². The molecule has 0 bridgehead atoms. The Labute approximate surface area is 178 Å². The van der Waals surface area contributed by atoms with Gasteiger partial charge in [0.15, 0.2) is 0 Å². The van der Waals surface area contributed by atoms with Gasteiger partial charge < -0.3 is 0 Å². The maximum absolute atomic E-state index is 6.47. The zero-order chi connectivity index (χ0) is 20.1. The van der Waals surface area contributed by atoms with Gasteiger partial charge in [-0.15, -0.1) is 17.9 Å². The largest absolute Gasteiger partial charge is 0.300 e. The number of aliphatic imine (C=N–C) groups is 1. The van der Waals surface area contributed by atoms with E-state index in [1.165, 1.54) is 29.0 Å². The lowest BCUT2D eigenvalue weighted by Gasteiger charge is -2.30. The van der Waals surface area contributed by atoms with Gasteiger partial charge in [-0.2, -0.15) is 0 Å². The van der Waals surface area contributed by atoms with Gasteiger partial charge in [0.1, 0.15) is 0 Å². The van der Waals surface area contributed by atoms with Gasteiger partial charge in [-0.1, -0.05) is 36.7 Å². The van der Waals surface area contributed by atoms with Gasteiger partial charge in [0.05, 0.1) is 16.4 Å². The van der Waals surface area contributed by atoms with Crippen LogP contribution in [0, 0.1) is 6.92 Å². The van der Waals surface area contributed by atoms with Crippen molar-refractivity contribution in [1.82, 2.24) is 9.88 Å². The van der Waals surface area contributed by atoms with Crippen LogP contribution in [-0.4, -0.2) is 42.3 Å². The zero-order valence-electron chi connectivity index (χ0n) is 17.1. The van der Waals surface area contributed by atoms with Crippen molar-refractivity contribution < 1.29 is 0 Å². The number of piperidine rings is 1. The molecular weight excluding hydrogens is 386 g/mol. The van der Waals surface area contributed by atoms with Gasteiger partial charge in [0.25, 0.3) is 0 Å². The van der Waals surface area contributed by atoms with Crippen LogP contribution in [0.2, 0.25) is 5.02 Å². The SMILES string of the molecule is C=CCN1CCC(c2nc(C(CC(C)c3c(C)cccc3Cl)=NC)cs2)CC1. The third kappa shape index (κ3) is 4.91. The number of nitrogens with zero attached hydrogens (tertiary/aromatic N) is 3. The molecule has 0 aliphatic carbocycles. The molecule has 150 valence electrons. The number of hydrogen-bond donors (Lipinski definition) is 0. The number of rotatable bonds is 7. The topological polar surface area (TPSA) is 28.5 Å². The van der Waals surface area contributed by atoms with Crippen LogP contribution in [0.25, 0.3) is 0 Å². The summed E-state index contributed by atoms with van der Waals surface area (Å²) in [6, 6.07) is 6.11. The lowest BCUT2D eigenvalue weighted by atomic mass is 9.91. The molecule has 1 aromatic carbocycles. The maximum Gasteiger partial charge on any atom is 0.0965 e. The van der Waals surface area contributed by atoms with Crippen LogP contribution in [0.1, 0.15) is 59.9 Å². The molecule has 1 unspecified atom stereocenters. The highest BCUT2D eigenvalue weighted by Crippen LogP contribution is 2.33. The monoisotopic (exact) mass is 415 g/mol. The Balaban J connectivity index is 1.68. The van der Waals surface area contributed by atoms with Crippen molar-refractivity contribution in [3.8, 4) is 0 Å². The number of halogens is 1. The number of benzene rings is 1. The van der Waals surface area contributed by atoms with Crippen LogP contribution in [0.15, 0.2) is 41.2 Å². The normalized spacial score (nSPS) is 17.6. The molecule has 3 rings (SSSR count). The van der Waals surface area contributed by atoms with Crippen LogP contribution in [-0.2, 0) is 0 Å². The third-order valence-electron chi connectivity index (χ3n) is 5.67. The Kier molecular flexibility index (Phi) is 7.44. The molecule has 1 aliphatic rings. The van der Waals surface area contributed by atoms with Crippen molar-refractivity contribution in [1.29, 1.82) is 0 Å². The molecule has 1 aliphatic heterocycles. The Morgan fingerprint density at radius 1 is 1.43 bits per heavy atom. The summed E-state index contributed by atoms with van der Waals surface area (Å²) in [7, 11) is 1.87. The minimum atomic E-state index is 0.305. The highest BCUT2D eigenvalue weighted by atomic mass is 35.5. The molecule has 0 N–H and O–H groups in total. The average Bonchev–Trinajstić information content (AvgIpc) is 3.17. The molecule has 1 atom stereocenters. The second-order valence-corrected chi connectivity index (χ2v) is 8.98. The fraction of sp³-hybridized carbons (Fsp3) is 0.478. The Morgan fingerprint density at radius 3 is 2.82 bits per heavy atom. The van der Waals surface area contributed by atoms with Crippen molar-refractivity contribution in [2.45, 2.75) is 44.9 Å². The zero-order valence-corrected chi connectivity index (χ0v) is 18.7. The second kappa shape index (κ2) is 9.82. The van der Waals surface area contributed by atoms with Crippen molar-refractivity contribution in [3.05, 3.63) is 63.1 Å². The first-order valence-electron chi connectivity index (χ1n) is 10.0. The van der Waals surface area contributed by atoms with Crippen LogP contribution in [0.4, 0.5) is 0 Å². The Bertz CT molecular complexity index is 814. The predicted molar refractivity (Wildman–Crippen MR) is 122 cm³/mol. The van der Waals surface area contributed by atoms with E-state index in [-0.39, 0.29) is 0 Å². The molecular formula is C23H30ClN3S. The number of aromatic nitrogens is 1. The van der Waals surface area contributed by atoms with Crippen molar-refractivity contribution in [3.63, 3.8) is 0 Å². The van der Waals surface area contributed by atoms with E-state index in [1.54, 1.807) is 11.3 Å². The number of aryl methyl sites for hydroxylation is 1. The summed E-state index contributed by atoms with van der Waals surface area (Å²) >= 11 is 8.26. The van der Waals surface area contributed by atoms with Crippen LogP contribution < -0.4 is 0 Å². The van der Waals surface area contributed by atoms with E-state index in [0.717, 1.165) is 42.5 Å². The first-order chi connectivity index (χ1) is 13.5. The molecule has 0 radical (unpaired) electrons. The van der Waals surface area contributed by atoms with E-state index in [1.807, 2.05) is 25.3 Å². The Hall–Kier alpha value is -1.49. The summed E-state index contributed by atoms with van der Waals surface area (Å²) in [5.41, 5.74) is 4.56. The number of hydrogen-bond acceptors (Lipinski definition) is 4. The molecule has 1 saturated heterocycles. The van der Waals surface area contributed by atoms with E-state index in [0.29, 0.717) is 11.8 Å². The molecule has 0 saturated carbocycles. The summed E-state index contributed by atoms with van der Waals surface area (Å²) in [5, 5.41) is 4.28. The highest BCUT2D eigenvalue weighted by molar-refractivity contribution is 7.10. The van der Waals surface area contributed by atoms with Gasteiger partial charge in [-0.25, -0.2) is 4.98 Å². The van der Waals surface area contributed by atoms with Crippen molar-refractivity contribution in [2.24, 2.45) is 4.99 Å². The van der Waals surface area contributed by atoms with Gasteiger partial charge in [-0.3, -0.25) is 9.89 Å². The fourth-order valence-electron chi connectivity index (χ4n) is 4.12. The van der Waals surface area contributed by atoms with Gasteiger partial charge in [-0.05, 0) is 62.4 Å². The van der Waals surface area contributed by atoms with E-state index in [9.17, 15) is 0 Å². The summed E-state index contributed by atoms with van der Waals surface area (Å²) in [5.74, 6) is 0.876. The minimum Gasteiger partial charge on any atom is -0.300 e. The van der Waals surface area contributed by atoms with Crippen LogP contribution in [0.5, 0.6) is 0 Å². The molecule has 1 fully saturated rings. The quantitative estimate of drug-likeness (QED) is 0.404. The fourth-order valence-corrected chi connectivity index (χ4v) is 5.53. The maximum atomic E-state index is 6.47. The summed E-state index contributed by atoms with van der Waals surface area (Å²) in [4.78, 5) is 12.0. The minimum absolute atomic E-state index is 0.305. The smallest absolute Gasteiger partial charge is 0.0965 e. The van der Waals surface area contributed by atoms with Crippen LogP contribution >= 0.6 is 22.9 Å². The molecule has 3 nitrogen and oxygen atoms in total. The summed E-state index contributed by atoms with van der Waals surface area (Å²) < 4.78 is 0. The van der Waals surface area contributed by atoms with E-state index >= 15 is 0 Å². The Morgan fingerprint density at radius 2 is 2.18 bits per heavy atom. The van der Waals surface area contributed by atoms with E-state index < -0.39 is 0 Å². The highest BCUT2D eigenvalue weighted by Gasteiger charge is 2.24. The van der Waals surface area contributed by atoms with Crippen LogP contribution in [0.3, 0.4) is 0 Å². The molecule has 1 aromatic heterocycles. The predicted octanol–water partition coefficient (Wildman–Crippen LogP) is 6.08. The number of likely N-dealkylation sites (tertiary alicyclic amines) is 1.